The van der Waals surface area contributed by atoms with Gasteiger partial charge in [0.25, 0.3) is 0 Å². The van der Waals surface area contributed by atoms with Gasteiger partial charge in [0.2, 0.25) is 23.6 Å². The van der Waals surface area contributed by atoms with Crippen LogP contribution in [0.2, 0.25) is 0 Å². The van der Waals surface area contributed by atoms with E-state index in [4.69, 9.17) is 0 Å². The van der Waals surface area contributed by atoms with Crippen molar-refractivity contribution in [3.05, 3.63) is 35.9 Å². The van der Waals surface area contributed by atoms with E-state index in [1.54, 1.807) is 4.90 Å². The van der Waals surface area contributed by atoms with Crippen molar-refractivity contribution in [2.45, 2.75) is 115 Å². The Bertz CT molecular complexity index is 1060. The number of fused-ring (bicyclic) bond motifs is 1. The molecule has 1 aromatic carbocycles. The summed E-state index contributed by atoms with van der Waals surface area (Å²) < 4.78 is 0. The van der Waals surface area contributed by atoms with E-state index < -0.39 is 42.1 Å². The van der Waals surface area contributed by atoms with E-state index in [1.807, 2.05) is 44.2 Å². The smallest absolute Gasteiger partial charge is 0.246 e. The number of ketones is 1. The van der Waals surface area contributed by atoms with E-state index in [9.17, 15) is 29.1 Å². The summed E-state index contributed by atoms with van der Waals surface area (Å²) in [6.45, 7) is 5.72. The summed E-state index contributed by atoms with van der Waals surface area (Å²) in [5, 5.41) is 18.1. The highest BCUT2D eigenvalue weighted by Crippen LogP contribution is 2.22. The quantitative estimate of drug-likeness (QED) is 0.300. The van der Waals surface area contributed by atoms with E-state index in [0.717, 1.165) is 18.4 Å². The van der Waals surface area contributed by atoms with Gasteiger partial charge in [-0.05, 0) is 50.5 Å². The fourth-order valence-electron chi connectivity index (χ4n) is 5.48. The number of nitrogens with one attached hydrogen (secondary N) is 3. The zero-order valence-corrected chi connectivity index (χ0v) is 24.6. The summed E-state index contributed by atoms with van der Waals surface area (Å²) >= 11 is 0. The number of hydrogen-bond acceptors (Lipinski definition) is 6. The summed E-state index contributed by atoms with van der Waals surface area (Å²) in [4.78, 5) is 68.0. The average Bonchev–Trinajstić information content (AvgIpc) is 2.97. The maximum atomic E-state index is 13.8. The second-order valence-electron chi connectivity index (χ2n) is 11.5. The van der Waals surface area contributed by atoms with Gasteiger partial charge in [0.15, 0.2) is 5.78 Å². The van der Waals surface area contributed by atoms with Gasteiger partial charge in [-0.25, -0.2) is 0 Å². The highest BCUT2D eigenvalue weighted by molar-refractivity contribution is 5.97. The number of hydrogen-bond donors (Lipinski definition) is 4. The molecule has 0 saturated carbocycles. The molecule has 2 fully saturated rings. The number of nitrogens with zero attached hydrogens (tertiary/aromatic N) is 1. The number of aliphatic hydroxyl groups is 1. The Morgan fingerprint density at radius 3 is 2.29 bits per heavy atom. The highest BCUT2D eigenvalue weighted by Gasteiger charge is 2.40. The van der Waals surface area contributed by atoms with Crippen molar-refractivity contribution in [2.24, 2.45) is 5.92 Å². The molecular weight excluding hydrogens is 524 g/mol. The molecule has 6 unspecified atom stereocenters. The number of unbranched alkanes of at least 4 members (excludes halogenated alkanes) is 2. The maximum absolute atomic E-state index is 13.8. The maximum Gasteiger partial charge on any atom is 0.246 e. The van der Waals surface area contributed by atoms with Crippen molar-refractivity contribution >= 4 is 29.4 Å². The van der Waals surface area contributed by atoms with Crippen LogP contribution in [-0.2, 0) is 30.4 Å². The van der Waals surface area contributed by atoms with Crippen molar-refractivity contribution < 1.29 is 29.1 Å². The van der Waals surface area contributed by atoms with Crippen LogP contribution in [0.1, 0.15) is 84.1 Å². The second kappa shape index (κ2) is 15.7. The molecule has 0 aromatic heterocycles. The zero-order chi connectivity index (χ0) is 29.9. The van der Waals surface area contributed by atoms with Gasteiger partial charge >= 0.3 is 0 Å². The first-order chi connectivity index (χ1) is 19.6. The lowest BCUT2D eigenvalue weighted by Gasteiger charge is -2.39. The molecule has 41 heavy (non-hydrogen) atoms. The van der Waals surface area contributed by atoms with Gasteiger partial charge < -0.3 is 26.0 Å². The third-order valence-electron chi connectivity index (χ3n) is 8.30. The summed E-state index contributed by atoms with van der Waals surface area (Å²) in [5.74, 6) is -1.91. The molecule has 4 N–H and O–H groups in total. The van der Waals surface area contributed by atoms with E-state index in [-0.39, 0.29) is 36.4 Å². The molecule has 0 bridgehead atoms. The van der Waals surface area contributed by atoms with Gasteiger partial charge in [0.05, 0.1) is 0 Å². The molecule has 2 heterocycles. The van der Waals surface area contributed by atoms with E-state index in [0.29, 0.717) is 45.1 Å². The first-order valence-electron chi connectivity index (χ1n) is 15.1. The molecule has 0 spiro atoms. The predicted molar refractivity (Wildman–Crippen MR) is 155 cm³/mol. The van der Waals surface area contributed by atoms with Crippen LogP contribution in [0.25, 0.3) is 0 Å². The van der Waals surface area contributed by atoms with Crippen molar-refractivity contribution in [3.8, 4) is 0 Å². The van der Waals surface area contributed by atoms with Crippen molar-refractivity contribution in [2.75, 3.05) is 6.54 Å². The Hall–Kier alpha value is -3.27. The van der Waals surface area contributed by atoms with Gasteiger partial charge in [0, 0.05) is 19.4 Å². The lowest BCUT2D eigenvalue weighted by Crippen LogP contribution is -2.64. The molecule has 2 aliphatic heterocycles. The summed E-state index contributed by atoms with van der Waals surface area (Å²) in [5.41, 5.74) is 0.853. The van der Waals surface area contributed by atoms with Gasteiger partial charge in [0.1, 0.15) is 30.3 Å². The monoisotopic (exact) mass is 570 g/mol. The van der Waals surface area contributed by atoms with E-state index in [1.165, 1.54) is 6.92 Å². The number of Topliss-reactive ketones (excluding diaryl/α,β-unsaturated/α-hetero) is 1. The average molecular weight is 571 g/mol. The molecule has 0 aliphatic carbocycles. The molecule has 226 valence electrons. The number of amides is 4. The lowest BCUT2D eigenvalue weighted by atomic mass is 9.93. The first kappa shape index (κ1) is 32.2. The Morgan fingerprint density at radius 2 is 1.61 bits per heavy atom. The molecule has 10 nitrogen and oxygen atoms in total. The molecule has 0 radical (unpaired) electrons. The Kier molecular flexibility index (Phi) is 12.3. The van der Waals surface area contributed by atoms with Crippen LogP contribution in [0.3, 0.4) is 0 Å². The molecule has 3 rings (SSSR count). The number of carbonyl (C=O) groups excluding carboxylic acids is 5. The molecule has 10 heteroatoms. The largest absolute Gasteiger partial charge is 0.386 e. The normalized spacial score (nSPS) is 25.5. The zero-order valence-electron chi connectivity index (χ0n) is 24.6. The Morgan fingerprint density at radius 1 is 0.927 bits per heavy atom. The minimum Gasteiger partial charge on any atom is -0.386 e. The Labute approximate surface area is 243 Å². The standard InChI is InChI=1S/C31H46N4O6/c1-4-20(2)27-31(41)35-18-12-11-16-25(35)30(40)32-23(15-9-6-10-17-26(37)21(3)36)28(38)33-24(29(39)34-27)19-22-13-7-5-8-14-22/h5,7-8,13-14,20-21,23-25,27,36H,4,6,9-12,15-19H2,1-3H3,(H,32,40)(H,33,38)(H,34,39). The van der Waals surface area contributed by atoms with Crippen LogP contribution in [0.15, 0.2) is 30.3 Å². The van der Waals surface area contributed by atoms with Crippen LogP contribution >= 0.6 is 0 Å². The van der Waals surface area contributed by atoms with Crippen LogP contribution in [0, 0.1) is 5.92 Å². The fraction of sp³-hybridized carbons (Fsp3) is 0.645. The number of carbonyl (C=O) groups is 5. The van der Waals surface area contributed by atoms with Crippen LogP contribution in [0.4, 0.5) is 0 Å². The van der Waals surface area contributed by atoms with Gasteiger partial charge in [-0.2, -0.15) is 0 Å². The summed E-state index contributed by atoms with van der Waals surface area (Å²) in [6.07, 6.45) is 4.25. The molecule has 2 aliphatic rings. The molecule has 1 aromatic rings. The number of piperidine rings is 1. The number of rotatable bonds is 11. The summed E-state index contributed by atoms with van der Waals surface area (Å²) in [7, 11) is 0. The first-order valence-corrected chi connectivity index (χ1v) is 15.1. The van der Waals surface area contributed by atoms with Gasteiger partial charge in [-0.1, -0.05) is 63.4 Å². The third kappa shape index (κ3) is 9.11. The molecular formula is C31H46N4O6. The van der Waals surface area contributed by atoms with Gasteiger partial charge in [-0.15, -0.1) is 0 Å². The molecule has 2 saturated heterocycles. The minimum absolute atomic E-state index is 0.165. The topological polar surface area (TPSA) is 145 Å². The van der Waals surface area contributed by atoms with Crippen molar-refractivity contribution in [3.63, 3.8) is 0 Å². The SMILES string of the molecule is CCC(C)C1NC(=O)C(Cc2ccccc2)NC(=O)C(CCCCCC(=O)C(C)O)NC(=O)C2CCCCN2C1=O. The fourth-order valence-corrected chi connectivity index (χ4v) is 5.48. The second-order valence-corrected chi connectivity index (χ2v) is 11.5. The predicted octanol–water partition coefficient (Wildman–Crippen LogP) is 2.02. The summed E-state index contributed by atoms with van der Waals surface area (Å²) in [6, 6.07) is 5.98. The van der Waals surface area contributed by atoms with Crippen LogP contribution in [0.5, 0.6) is 0 Å². The molecule has 4 amide bonds. The van der Waals surface area contributed by atoms with Gasteiger partial charge in [-0.3, -0.25) is 24.0 Å². The van der Waals surface area contributed by atoms with Crippen molar-refractivity contribution in [1.29, 1.82) is 0 Å². The van der Waals surface area contributed by atoms with Crippen LogP contribution < -0.4 is 16.0 Å². The van der Waals surface area contributed by atoms with E-state index >= 15 is 0 Å². The van der Waals surface area contributed by atoms with Crippen molar-refractivity contribution in [1.82, 2.24) is 20.9 Å². The van der Waals surface area contributed by atoms with Crippen LogP contribution in [-0.4, -0.2) is 76.2 Å². The molecule has 6 atom stereocenters. The van der Waals surface area contributed by atoms with E-state index in [2.05, 4.69) is 16.0 Å². The number of benzene rings is 1. The number of aliphatic hydroxyl groups excluding tert-OH is 1. The minimum atomic E-state index is -1.000. The lowest BCUT2D eigenvalue weighted by molar-refractivity contribution is -0.147. The Balaban J connectivity index is 1.87. The third-order valence-corrected chi connectivity index (χ3v) is 8.30. The highest BCUT2D eigenvalue weighted by atomic mass is 16.3.